The fourth-order valence-electron chi connectivity index (χ4n) is 5.59. The molecule has 0 radical (unpaired) electrons. The molecule has 232 valence electrons. The maximum atomic E-state index is 13.6. The summed E-state index contributed by atoms with van der Waals surface area (Å²) in [5, 5.41) is 12.5. The monoisotopic (exact) mass is 601 g/mol. The SMILES string of the molecule is COc1ccc2cc1Oc1cccc(c1)CO[C@H]1CCN(C(=O)CCc3ccccc3)C[C@@H]1NC(=O)CN(CCCO)C2=O. The number of aliphatic hydroxyl groups excluding tert-OH is 1. The van der Waals surface area contributed by atoms with Crippen LogP contribution in [0.2, 0.25) is 0 Å². The summed E-state index contributed by atoms with van der Waals surface area (Å²) in [5.74, 6) is 0.649. The van der Waals surface area contributed by atoms with Crippen LogP contribution in [0.3, 0.4) is 0 Å². The van der Waals surface area contributed by atoms with Gasteiger partial charge in [-0.2, -0.15) is 0 Å². The first-order valence-electron chi connectivity index (χ1n) is 15.0. The smallest absolute Gasteiger partial charge is 0.254 e. The first kappa shape index (κ1) is 31.0. The highest BCUT2D eigenvalue weighted by Gasteiger charge is 2.34. The highest BCUT2D eigenvalue weighted by atomic mass is 16.5. The van der Waals surface area contributed by atoms with E-state index in [1.165, 1.54) is 12.0 Å². The van der Waals surface area contributed by atoms with Gasteiger partial charge in [0, 0.05) is 38.2 Å². The second-order valence-electron chi connectivity index (χ2n) is 11.1. The predicted molar refractivity (Wildman–Crippen MR) is 164 cm³/mol. The van der Waals surface area contributed by atoms with Gasteiger partial charge in [-0.3, -0.25) is 14.4 Å². The molecule has 44 heavy (non-hydrogen) atoms. The van der Waals surface area contributed by atoms with Gasteiger partial charge in [0.1, 0.15) is 5.75 Å². The van der Waals surface area contributed by atoms with E-state index in [4.69, 9.17) is 14.2 Å². The zero-order valence-electron chi connectivity index (χ0n) is 24.9. The normalized spacial score (nSPS) is 19.0. The molecule has 2 aliphatic heterocycles. The van der Waals surface area contributed by atoms with Crippen molar-refractivity contribution < 1.29 is 33.7 Å². The van der Waals surface area contributed by atoms with Crippen LogP contribution < -0.4 is 14.8 Å². The molecule has 0 aliphatic carbocycles. The second-order valence-corrected chi connectivity index (χ2v) is 11.1. The lowest BCUT2D eigenvalue weighted by Crippen LogP contribution is -2.58. The number of amides is 3. The van der Waals surface area contributed by atoms with Crippen molar-refractivity contribution in [3.63, 3.8) is 0 Å². The van der Waals surface area contributed by atoms with E-state index in [2.05, 4.69) is 5.32 Å². The molecule has 2 heterocycles. The average Bonchev–Trinajstić information content (AvgIpc) is 3.04. The van der Waals surface area contributed by atoms with Crippen molar-refractivity contribution in [3.05, 3.63) is 89.5 Å². The summed E-state index contributed by atoms with van der Waals surface area (Å²) < 4.78 is 18.0. The molecule has 1 fully saturated rings. The summed E-state index contributed by atoms with van der Waals surface area (Å²) in [4.78, 5) is 43.5. The van der Waals surface area contributed by atoms with E-state index in [1.807, 2.05) is 54.6 Å². The summed E-state index contributed by atoms with van der Waals surface area (Å²) in [6, 6.07) is 21.8. The van der Waals surface area contributed by atoms with Gasteiger partial charge >= 0.3 is 0 Å². The minimum absolute atomic E-state index is 0.0219. The summed E-state index contributed by atoms with van der Waals surface area (Å²) in [5.41, 5.74) is 2.30. The summed E-state index contributed by atoms with van der Waals surface area (Å²) in [6.45, 7) is 0.946. The van der Waals surface area contributed by atoms with Crippen molar-refractivity contribution in [2.75, 3.05) is 39.9 Å². The van der Waals surface area contributed by atoms with E-state index in [9.17, 15) is 19.5 Å². The third kappa shape index (κ3) is 7.94. The number of likely N-dealkylation sites (tertiary alicyclic amines) is 1. The van der Waals surface area contributed by atoms with Crippen molar-refractivity contribution in [2.45, 2.75) is 44.4 Å². The summed E-state index contributed by atoms with van der Waals surface area (Å²) in [7, 11) is 1.52. The lowest BCUT2D eigenvalue weighted by Gasteiger charge is -2.39. The number of aryl methyl sites for hydroxylation is 1. The Morgan fingerprint density at radius 2 is 1.91 bits per heavy atom. The number of ether oxygens (including phenoxy) is 3. The molecule has 5 rings (SSSR count). The number of carbonyl (C=O) groups excluding carboxylic acids is 3. The van der Waals surface area contributed by atoms with Crippen LogP contribution in [0.15, 0.2) is 72.8 Å². The Labute approximate surface area is 257 Å². The molecule has 0 saturated carbocycles. The molecule has 10 nitrogen and oxygen atoms in total. The molecule has 0 aromatic heterocycles. The van der Waals surface area contributed by atoms with Gasteiger partial charge in [-0.15, -0.1) is 0 Å². The summed E-state index contributed by atoms with van der Waals surface area (Å²) in [6.07, 6.45) is 1.53. The van der Waals surface area contributed by atoms with E-state index < -0.39 is 6.04 Å². The van der Waals surface area contributed by atoms with Gasteiger partial charge in [0.05, 0.1) is 32.4 Å². The van der Waals surface area contributed by atoms with Gasteiger partial charge in [0.2, 0.25) is 11.8 Å². The predicted octanol–water partition coefficient (Wildman–Crippen LogP) is 3.56. The van der Waals surface area contributed by atoms with Crippen LogP contribution >= 0.6 is 0 Å². The van der Waals surface area contributed by atoms with E-state index in [1.54, 1.807) is 23.1 Å². The Hall–Kier alpha value is -4.41. The zero-order chi connectivity index (χ0) is 30.9. The van der Waals surface area contributed by atoms with E-state index in [0.717, 1.165) is 11.1 Å². The number of hydrogen-bond donors (Lipinski definition) is 2. The molecule has 3 aromatic rings. The van der Waals surface area contributed by atoms with Crippen LogP contribution in [0, 0.1) is 0 Å². The lowest BCUT2D eigenvalue weighted by atomic mass is 10.0. The first-order valence-corrected chi connectivity index (χ1v) is 15.0. The lowest BCUT2D eigenvalue weighted by molar-refractivity contribution is -0.137. The maximum Gasteiger partial charge on any atom is 0.254 e. The number of piperidine rings is 1. The molecular formula is C34H39N3O7. The Morgan fingerprint density at radius 3 is 2.70 bits per heavy atom. The summed E-state index contributed by atoms with van der Waals surface area (Å²) >= 11 is 0. The number of fused-ring (bicyclic) bond motifs is 5. The second kappa shape index (κ2) is 14.9. The Bertz CT molecular complexity index is 1450. The number of aliphatic hydroxyl groups is 1. The molecule has 2 atom stereocenters. The number of hydrogen-bond acceptors (Lipinski definition) is 7. The van der Waals surface area contributed by atoms with Crippen LogP contribution in [0.4, 0.5) is 0 Å². The largest absolute Gasteiger partial charge is 0.493 e. The van der Waals surface area contributed by atoms with E-state index >= 15 is 0 Å². The van der Waals surface area contributed by atoms with Gasteiger partial charge in [-0.25, -0.2) is 0 Å². The third-order valence-electron chi connectivity index (χ3n) is 7.93. The standard InChI is InChI=1S/C34H39N3O7/c1-42-30-13-12-26-20-31(30)44-27-10-5-9-25(19-27)23-43-29-15-17-36(33(40)14-11-24-7-3-2-4-8-24)21-28(29)35-32(39)22-37(34(26)41)16-6-18-38/h2-5,7-10,12-13,19-20,28-29,38H,6,11,14-18,21-23H2,1H3,(H,35,39)/t28-,29-/m0/s1. The molecule has 4 bridgehead atoms. The molecule has 1 saturated heterocycles. The topological polar surface area (TPSA) is 118 Å². The molecular weight excluding hydrogens is 562 g/mol. The molecule has 2 aliphatic rings. The molecule has 2 N–H and O–H groups in total. The minimum Gasteiger partial charge on any atom is -0.493 e. The third-order valence-corrected chi connectivity index (χ3v) is 7.93. The number of carbonyl (C=O) groups is 3. The number of benzene rings is 3. The van der Waals surface area contributed by atoms with Crippen LogP contribution in [-0.2, 0) is 27.4 Å². The molecule has 0 unspecified atom stereocenters. The average molecular weight is 602 g/mol. The van der Waals surface area contributed by atoms with Crippen molar-refractivity contribution in [2.24, 2.45) is 0 Å². The maximum absolute atomic E-state index is 13.6. The number of nitrogens with zero attached hydrogens (tertiary/aromatic N) is 2. The highest BCUT2D eigenvalue weighted by molar-refractivity contribution is 5.97. The van der Waals surface area contributed by atoms with Gasteiger partial charge in [-0.05, 0) is 60.7 Å². The van der Waals surface area contributed by atoms with Crippen LogP contribution in [0.25, 0.3) is 0 Å². The number of rotatable bonds is 7. The van der Waals surface area contributed by atoms with Crippen LogP contribution in [-0.4, -0.2) is 84.7 Å². The highest BCUT2D eigenvalue weighted by Crippen LogP contribution is 2.33. The van der Waals surface area contributed by atoms with E-state index in [0.29, 0.717) is 61.6 Å². The van der Waals surface area contributed by atoms with E-state index in [-0.39, 0.29) is 50.1 Å². The zero-order valence-corrected chi connectivity index (χ0v) is 24.9. The van der Waals surface area contributed by atoms with Crippen molar-refractivity contribution in [3.8, 4) is 17.2 Å². The van der Waals surface area contributed by atoms with Crippen molar-refractivity contribution >= 4 is 17.7 Å². The Balaban J connectivity index is 1.39. The van der Waals surface area contributed by atoms with Gasteiger partial charge in [0.15, 0.2) is 11.5 Å². The fourth-order valence-corrected chi connectivity index (χ4v) is 5.59. The van der Waals surface area contributed by atoms with Crippen LogP contribution in [0.1, 0.15) is 40.7 Å². The first-order chi connectivity index (χ1) is 21.4. The Morgan fingerprint density at radius 1 is 1.07 bits per heavy atom. The Kier molecular flexibility index (Phi) is 10.5. The van der Waals surface area contributed by atoms with Gasteiger partial charge < -0.3 is 34.4 Å². The molecule has 3 aromatic carbocycles. The van der Waals surface area contributed by atoms with Crippen molar-refractivity contribution in [1.29, 1.82) is 0 Å². The minimum atomic E-state index is -0.466. The molecule has 0 spiro atoms. The molecule has 10 heteroatoms. The fraction of sp³-hybridized carbons (Fsp3) is 0.382. The van der Waals surface area contributed by atoms with Gasteiger partial charge in [0.25, 0.3) is 5.91 Å². The number of nitrogens with one attached hydrogen (secondary N) is 1. The molecule has 3 amide bonds. The number of methoxy groups -OCH3 is 1. The van der Waals surface area contributed by atoms with Crippen molar-refractivity contribution in [1.82, 2.24) is 15.1 Å². The van der Waals surface area contributed by atoms with Gasteiger partial charge in [-0.1, -0.05) is 42.5 Å². The van der Waals surface area contributed by atoms with Crippen LogP contribution in [0.5, 0.6) is 17.2 Å². The quantitative estimate of drug-likeness (QED) is 0.425.